The molecule has 0 radical (unpaired) electrons. The largest absolute Gasteiger partial charge is 0.506 e. The van der Waals surface area contributed by atoms with E-state index in [9.17, 15) is 9.90 Å². The van der Waals surface area contributed by atoms with Gasteiger partial charge in [-0.25, -0.2) is 4.98 Å². The van der Waals surface area contributed by atoms with E-state index in [1.54, 1.807) is 0 Å². The van der Waals surface area contributed by atoms with Crippen molar-refractivity contribution in [3.05, 3.63) is 21.4 Å². The van der Waals surface area contributed by atoms with Gasteiger partial charge in [0, 0.05) is 6.07 Å². The number of terminal acetylenes is 1. The molecule has 0 atom stereocenters. The summed E-state index contributed by atoms with van der Waals surface area (Å²) in [5.74, 6) is 2.36. The van der Waals surface area contributed by atoms with Gasteiger partial charge in [-0.05, 0) is 6.92 Å². The Kier molecular flexibility index (Phi) is 2.21. The molecule has 0 bridgehead atoms. The number of aryl methyl sites for hydroxylation is 1. The molecule has 0 aliphatic heterocycles. The van der Waals surface area contributed by atoms with Gasteiger partial charge in [-0.15, -0.1) is 17.8 Å². The number of pyridine rings is 1. The van der Waals surface area contributed by atoms with Crippen LogP contribution in [-0.2, 0) is 6.54 Å². The van der Waals surface area contributed by atoms with E-state index in [1.807, 2.05) is 6.92 Å². The van der Waals surface area contributed by atoms with Gasteiger partial charge in [0.05, 0.1) is 11.6 Å². The van der Waals surface area contributed by atoms with Crippen molar-refractivity contribution < 1.29 is 5.11 Å². The normalized spacial score (nSPS) is 10.4. The first-order valence-electron chi connectivity index (χ1n) is 4.27. The minimum Gasteiger partial charge on any atom is -0.506 e. The lowest BCUT2D eigenvalue weighted by molar-refractivity contribution is 0.480. The molecular formula is C10H8N2O2S. The topological polar surface area (TPSA) is 55.1 Å². The first-order chi connectivity index (χ1) is 7.13. The van der Waals surface area contributed by atoms with Crippen molar-refractivity contribution in [2.75, 3.05) is 0 Å². The second-order valence-corrected chi connectivity index (χ2v) is 4.25. The molecule has 1 N–H and O–H groups in total. The zero-order chi connectivity index (χ0) is 11.0. The minimum absolute atomic E-state index is 0.0335. The number of hydrogen-bond acceptors (Lipinski definition) is 4. The summed E-state index contributed by atoms with van der Waals surface area (Å²) >= 11 is 1.34. The lowest BCUT2D eigenvalue weighted by Gasteiger charge is -2.02. The van der Waals surface area contributed by atoms with Gasteiger partial charge in [-0.3, -0.25) is 9.36 Å². The Labute approximate surface area is 89.8 Å². The quantitative estimate of drug-likeness (QED) is 0.732. The zero-order valence-corrected chi connectivity index (χ0v) is 8.84. The van der Waals surface area contributed by atoms with Crippen LogP contribution in [0.4, 0.5) is 0 Å². The maximum absolute atomic E-state index is 11.5. The third-order valence-corrected chi connectivity index (χ3v) is 2.96. The molecule has 0 aliphatic rings. The van der Waals surface area contributed by atoms with Crippen LogP contribution in [0, 0.1) is 19.3 Å². The number of fused-ring (bicyclic) bond motifs is 1. The predicted molar refractivity (Wildman–Crippen MR) is 59.1 cm³/mol. The number of rotatable bonds is 1. The Morgan fingerprint density at radius 1 is 1.73 bits per heavy atom. The zero-order valence-electron chi connectivity index (χ0n) is 8.02. The molecule has 2 aromatic rings. The van der Waals surface area contributed by atoms with E-state index >= 15 is 0 Å². The van der Waals surface area contributed by atoms with E-state index in [2.05, 4.69) is 10.9 Å². The van der Waals surface area contributed by atoms with Crippen LogP contribution in [0.15, 0.2) is 10.9 Å². The molecule has 2 heterocycles. The fourth-order valence-electron chi connectivity index (χ4n) is 1.37. The first-order valence-corrected chi connectivity index (χ1v) is 5.08. The van der Waals surface area contributed by atoms with Crippen LogP contribution in [0.2, 0.25) is 0 Å². The molecule has 0 saturated heterocycles. The highest BCUT2D eigenvalue weighted by molar-refractivity contribution is 7.18. The van der Waals surface area contributed by atoms with Crippen LogP contribution in [0.3, 0.4) is 0 Å². The maximum atomic E-state index is 11.5. The summed E-state index contributed by atoms with van der Waals surface area (Å²) < 4.78 is 1.97. The van der Waals surface area contributed by atoms with Gasteiger partial charge in [0.1, 0.15) is 10.4 Å². The third kappa shape index (κ3) is 1.49. The maximum Gasteiger partial charge on any atom is 0.256 e. The second kappa shape index (κ2) is 3.41. The van der Waals surface area contributed by atoms with Gasteiger partial charge < -0.3 is 5.11 Å². The van der Waals surface area contributed by atoms with Gasteiger partial charge in [-0.1, -0.05) is 5.92 Å². The highest BCUT2D eigenvalue weighted by Crippen LogP contribution is 2.28. The number of aromatic nitrogens is 2. The summed E-state index contributed by atoms with van der Waals surface area (Å²) in [4.78, 5) is 15.7. The highest BCUT2D eigenvalue weighted by Gasteiger charge is 2.11. The van der Waals surface area contributed by atoms with Crippen LogP contribution in [0.5, 0.6) is 5.75 Å². The van der Waals surface area contributed by atoms with Gasteiger partial charge in [-0.2, -0.15) is 0 Å². The Morgan fingerprint density at radius 3 is 3.13 bits per heavy atom. The highest BCUT2D eigenvalue weighted by atomic mass is 32.1. The van der Waals surface area contributed by atoms with Crippen molar-refractivity contribution in [3.8, 4) is 18.1 Å². The van der Waals surface area contributed by atoms with Crippen molar-refractivity contribution in [3.63, 3.8) is 0 Å². The molecule has 76 valence electrons. The van der Waals surface area contributed by atoms with Crippen molar-refractivity contribution in [2.24, 2.45) is 0 Å². The molecule has 0 amide bonds. The lowest BCUT2D eigenvalue weighted by atomic mass is 10.4. The lowest BCUT2D eigenvalue weighted by Crippen LogP contribution is -2.18. The Morgan fingerprint density at radius 2 is 2.47 bits per heavy atom. The van der Waals surface area contributed by atoms with Gasteiger partial charge >= 0.3 is 0 Å². The number of hydrogen-bond donors (Lipinski definition) is 1. The van der Waals surface area contributed by atoms with Crippen LogP contribution in [-0.4, -0.2) is 14.7 Å². The first kappa shape index (κ1) is 9.74. The smallest absolute Gasteiger partial charge is 0.256 e. The second-order valence-electron chi connectivity index (χ2n) is 3.04. The molecule has 15 heavy (non-hydrogen) atoms. The van der Waals surface area contributed by atoms with Crippen LogP contribution in [0.1, 0.15) is 5.01 Å². The summed E-state index contributed by atoms with van der Waals surface area (Å²) in [6, 6.07) is 1.16. The molecule has 5 heteroatoms. The van der Waals surface area contributed by atoms with Crippen molar-refractivity contribution in [1.82, 2.24) is 9.55 Å². The Hall–Kier alpha value is -1.80. The van der Waals surface area contributed by atoms with Gasteiger partial charge in [0.2, 0.25) is 0 Å². The Bertz CT molecular complexity index is 619. The van der Waals surface area contributed by atoms with E-state index in [1.165, 1.54) is 15.9 Å². The molecular weight excluding hydrogens is 212 g/mol. The van der Waals surface area contributed by atoms with E-state index in [-0.39, 0.29) is 17.9 Å². The molecule has 2 rings (SSSR count). The van der Waals surface area contributed by atoms with Gasteiger partial charge in [0.15, 0.2) is 5.65 Å². The molecule has 0 fully saturated rings. The number of thiazole rings is 1. The van der Waals surface area contributed by atoms with Crippen LogP contribution in [0.25, 0.3) is 10.3 Å². The molecule has 0 saturated carbocycles. The molecule has 0 aliphatic carbocycles. The van der Waals surface area contributed by atoms with Crippen LogP contribution >= 0.6 is 11.3 Å². The Balaban J connectivity index is 2.90. The molecule has 0 spiro atoms. The minimum atomic E-state index is -0.330. The predicted octanol–water partition coefficient (Wildman–Crippen LogP) is 1.11. The van der Waals surface area contributed by atoms with E-state index in [0.29, 0.717) is 10.3 Å². The third-order valence-electron chi connectivity index (χ3n) is 1.98. The van der Waals surface area contributed by atoms with E-state index in [0.717, 1.165) is 11.1 Å². The van der Waals surface area contributed by atoms with Gasteiger partial charge in [0.25, 0.3) is 5.56 Å². The summed E-state index contributed by atoms with van der Waals surface area (Å²) in [6.45, 7) is 1.98. The van der Waals surface area contributed by atoms with Crippen molar-refractivity contribution in [2.45, 2.75) is 13.5 Å². The summed E-state index contributed by atoms with van der Waals surface area (Å²) in [7, 11) is 0. The number of nitrogens with zero attached hydrogens (tertiary/aromatic N) is 2. The van der Waals surface area contributed by atoms with Crippen molar-refractivity contribution >= 4 is 21.7 Å². The average Bonchev–Trinajstić information content (AvgIpc) is 2.55. The average molecular weight is 220 g/mol. The van der Waals surface area contributed by atoms with Crippen molar-refractivity contribution in [1.29, 1.82) is 0 Å². The molecule has 4 nitrogen and oxygen atoms in total. The fourth-order valence-corrected chi connectivity index (χ4v) is 2.21. The fraction of sp³-hybridized carbons (Fsp3) is 0.200. The molecule has 0 unspecified atom stereocenters. The summed E-state index contributed by atoms with van der Waals surface area (Å²) in [5.41, 5.74) is 0.128. The van der Waals surface area contributed by atoms with E-state index < -0.39 is 0 Å². The molecule has 2 aromatic heterocycles. The SMILES string of the molecule is C#CCn1c(=O)cc(O)c2sc(C)nc21. The summed E-state index contributed by atoms with van der Waals surface area (Å²) in [5, 5.41) is 10.4. The van der Waals surface area contributed by atoms with E-state index in [4.69, 9.17) is 6.42 Å². The summed E-state index contributed by atoms with van der Waals surface area (Å²) in [6.07, 6.45) is 5.17. The standard InChI is InChI=1S/C10H8N2O2S/c1-3-4-12-8(14)5-7(13)9-10(12)11-6(2)15-9/h1,5,13H,4H2,2H3. The monoisotopic (exact) mass is 220 g/mol. The molecule has 0 aromatic carbocycles. The van der Waals surface area contributed by atoms with Crippen LogP contribution < -0.4 is 5.56 Å². The number of aromatic hydroxyl groups is 1.